The molecule has 2 aromatic rings. The van der Waals surface area contributed by atoms with Gasteiger partial charge in [-0.2, -0.15) is 0 Å². The van der Waals surface area contributed by atoms with E-state index in [2.05, 4.69) is 21.6 Å². The molecule has 0 bridgehead atoms. The molecule has 9 heteroatoms. The number of pyridine rings is 1. The largest absolute Gasteiger partial charge is 0.331 e. The molecule has 2 aliphatic carbocycles. The molecular formula is C20H24N4O3S2. The lowest BCUT2D eigenvalue weighted by molar-refractivity contribution is 0.0698. The number of nitrogens with one attached hydrogen (secondary N) is 1. The Bertz CT molecular complexity index is 1120. The van der Waals surface area contributed by atoms with Gasteiger partial charge >= 0.3 is 0 Å². The number of rotatable bonds is 6. The van der Waals surface area contributed by atoms with E-state index >= 15 is 0 Å². The zero-order valence-electron chi connectivity index (χ0n) is 16.7. The van der Waals surface area contributed by atoms with Crippen LogP contribution < -0.4 is 4.72 Å². The average molecular weight is 433 g/mol. The zero-order chi connectivity index (χ0) is 20.5. The summed E-state index contributed by atoms with van der Waals surface area (Å²) in [7, 11) is -3.53. The Morgan fingerprint density at radius 1 is 1.21 bits per heavy atom. The topological polar surface area (TPSA) is 92.3 Å². The highest BCUT2D eigenvalue weighted by Crippen LogP contribution is 2.41. The quantitative estimate of drug-likeness (QED) is 0.754. The molecular weight excluding hydrogens is 408 g/mol. The van der Waals surface area contributed by atoms with Crippen LogP contribution in [0, 0.1) is 19.8 Å². The fourth-order valence-electron chi connectivity index (χ4n) is 4.08. The van der Waals surface area contributed by atoms with Crippen molar-refractivity contribution >= 4 is 33.1 Å². The third-order valence-electron chi connectivity index (χ3n) is 6.05. The second kappa shape index (κ2) is 6.50. The number of hydrogen-bond acceptors (Lipinski definition) is 6. The van der Waals surface area contributed by atoms with Crippen LogP contribution in [0.5, 0.6) is 0 Å². The van der Waals surface area contributed by atoms with E-state index in [0.29, 0.717) is 36.6 Å². The van der Waals surface area contributed by atoms with Gasteiger partial charge in [-0.1, -0.05) is 0 Å². The molecule has 1 N–H and O–H groups in total. The number of nitrogens with zero attached hydrogens (tertiary/aromatic N) is 3. The number of carbonyl (C=O) groups is 1. The summed E-state index contributed by atoms with van der Waals surface area (Å²) < 4.78 is 27.9. The molecule has 0 aromatic carbocycles. The van der Waals surface area contributed by atoms with Crippen molar-refractivity contribution in [3.8, 4) is 10.6 Å². The minimum absolute atomic E-state index is 0.121. The van der Waals surface area contributed by atoms with Crippen molar-refractivity contribution in [2.75, 3.05) is 4.72 Å². The highest BCUT2D eigenvalue weighted by molar-refractivity contribution is 7.93. The van der Waals surface area contributed by atoms with Crippen LogP contribution in [0.15, 0.2) is 6.07 Å². The number of fused-ring (bicyclic) bond motifs is 1. The van der Waals surface area contributed by atoms with Crippen LogP contribution in [0.2, 0.25) is 0 Å². The third kappa shape index (κ3) is 3.34. The van der Waals surface area contributed by atoms with E-state index in [1.54, 1.807) is 0 Å². The fourth-order valence-corrected chi connectivity index (χ4v) is 6.30. The van der Waals surface area contributed by atoms with Crippen molar-refractivity contribution in [1.29, 1.82) is 0 Å². The normalized spacial score (nSPS) is 20.1. The smallest absolute Gasteiger partial charge is 0.258 e. The van der Waals surface area contributed by atoms with Gasteiger partial charge < -0.3 is 4.90 Å². The van der Waals surface area contributed by atoms with Crippen LogP contribution in [0.3, 0.4) is 0 Å². The molecule has 2 fully saturated rings. The summed E-state index contributed by atoms with van der Waals surface area (Å²) in [5.41, 5.74) is 2.79. The Labute approximate surface area is 174 Å². The SMILES string of the molecule is Cc1nc(C)c(-c2cc3c(c(NS(=O)(=O)C4CC4)n2)C(=O)N([C@@H](C)C2CC2)C3)s1. The van der Waals surface area contributed by atoms with Crippen LogP contribution in [0.25, 0.3) is 10.6 Å². The number of hydrogen-bond donors (Lipinski definition) is 1. The summed E-state index contributed by atoms with van der Waals surface area (Å²) in [5.74, 6) is 0.591. The number of anilines is 1. The van der Waals surface area contributed by atoms with E-state index in [-0.39, 0.29) is 23.0 Å². The summed E-state index contributed by atoms with van der Waals surface area (Å²) in [6.45, 7) is 6.44. The van der Waals surface area contributed by atoms with Gasteiger partial charge in [-0.3, -0.25) is 9.52 Å². The molecule has 0 radical (unpaired) electrons. The summed E-state index contributed by atoms with van der Waals surface area (Å²) >= 11 is 1.53. The van der Waals surface area contributed by atoms with Gasteiger partial charge in [0.1, 0.15) is 0 Å². The average Bonchev–Trinajstić information content (AvgIpc) is 3.55. The zero-order valence-corrected chi connectivity index (χ0v) is 18.4. The third-order valence-corrected chi connectivity index (χ3v) is 8.97. The first kappa shape index (κ1) is 19.0. The Hall–Kier alpha value is -2.00. The molecule has 0 spiro atoms. The van der Waals surface area contributed by atoms with Crippen molar-refractivity contribution in [2.24, 2.45) is 5.92 Å². The number of sulfonamides is 1. The van der Waals surface area contributed by atoms with Gasteiger partial charge in [-0.15, -0.1) is 11.3 Å². The van der Waals surface area contributed by atoms with Crippen LogP contribution >= 0.6 is 11.3 Å². The highest BCUT2D eigenvalue weighted by atomic mass is 32.2. The number of amides is 1. The predicted octanol–water partition coefficient (Wildman–Crippen LogP) is 3.48. The monoisotopic (exact) mass is 432 g/mol. The maximum absolute atomic E-state index is 13.2. The molecule has 1 atom stereocenters. The molecule has 154 valence electrons. The Balaban J connectivity index is 1.60. The Kier molecular flexibility index (Phi) is 4.26. The molecule has 0 saturated heterocycles. The molecule has 3 heterocycles. The molecule has 3 aliphatic rings. The van der Waals surface area contributed by atoms with E-state index in [9.17, 15) is 13.2 Å². The van der Waals surface area contributed by atoms with Crippen molar-refractivity contribution in [3.63, 3.8) is 0 Å². The first-order valence-electron chi connectivity index (χ1n) is 10.1. The fraction of sp³-hybridized carbons (Fsp3) is 0.550. The van der Waals surface area contributed by atoms with Gasteiger partial charge in [0.05, 0.1) is 32.1 Å². The minimum Gasteiger partial charge on any atom is -0.331 e. The number of thiazole rings is 1. The first-order chi connectivity index (χ1) is 13.7. The van der Waals surface area contributed by atoms with Gasteiger partial charge in [-0.05, 0) is 64.0 Å². The van der Waals surface area contributed by atoms with E-state index in [0.717, 1.165) is 34.0 Å². The van der Waals surface area contributed by atoms with Gasteiger partial charge in [0.15, 0.2) is 5.82 Å². The summed E-state index contributed by atoms with van der Waals surface area (Å²) in [4.78, 5) is 25.1. The second-order valence-corrected chi connectivity index (χ2v) is 11.6. The molecule has 1 amide bonds. The number of aryl methyl sites for hydroxylation is 2. The van der Waals surface area contributed by atoms with Crippen LogP contribution in [-0.2, 0) is 16.6 Å². The van der Waals surface area contributed by atoms with Crippen molar-refractivity contribution < 1.29 is 13.2 Å². The first-order valence-corrected chi connectivity index (χ1v) is 12.4. The summed E-state index contributed by atoms with van der Waals surface area (Å²) in [6.07, 6.45) is 3.60. The van der Waals surface area contributed by atoms with Crippen molar-refractivity contribution in [3.05, 3.63) is 27.9 Å². The summed E-state index contributed by atoms with van der Waals surface area (Å²) in [6, 6.07) is 2.08. The lowest BCUT2D eigenvalue weighted by Gasteiger charge is -2.24. The lowest BCUT2D eigenvalue weighted by Crippen LogP contribution is -2.35. The van der Waals surface area contributed by atoms with Gasteiger partial charge in [0.25, 0.3) is 5.91 Å². The van der Waals surface area contributed by atoms with E-state index in [4.69, 9.17) is 0 Å². The molecule has 1 aliphatic heterocycles. The molecule has 29 heavy (non-hydrogen) atoms. The Morgan fingerprint density at radius 3 is 2.52 bits per heavy atom. The number of carbonyl (C=O) groups excluding carboxylic acids is 1. The maximum Gasteiger partial charge on any atom is 0.258 e. The Morgan fingerprint density at radius 2 is 1.93 bits per heavy atom. The summed E-state index contributed by atoms with van der Waals surface area (Å²) in [5, 5.41) is 0.550. The van der Waals surface area contributed by atoms with Gasteiger partial charge in [0.2, 0.25) is 10.0 Å². The maximum atomic E-state index is 13.2. The molecule has 2 aromatic heterocycles. The van der Waals surface area contributed by atoms with Crippen LogP contribution in [0.1, 0.15) is 59.2 Å². The van der Waals surface area contributed by atoms with Crippen molar-refractivity contribution in [1.82, 2.24) is 14.9 Å². The van der Waals surface area contributed by atoms with Gasteiger partial charge in [0, 0.05) is 12.6 Å². The highest BCUT2D eigenvalue weighted by Gasteiger charge is 2.42. The lowest BCUT2D eigenvalue weighted by atomic mass is 10.1. The minimum atomic E-state index is -3.53. The van der Waals surface area contributed by atoms with E-state index in [1.165, 1.54) is 11.3 Å². The predicted molar refractivity (Wildman–Crippen MR) is 112 cm³/mol. The molecule has 0 unspecified atom stereocenters. The molecule has 5 rings (SSSR count). The van der Waals surface area contributed by atoms with Crippen LogP contribution in [0.4, 0.5) is 5.82 Å². The molecule has 2 saturated carbocycles. The van der Waals surface area contributed by atoms with Crippen LogP contribution in [-0.4, -0.2) is 40.5 Å². The molecule has 7 nitrogen and oxygen atoms in total. The standard InChI is InChI=1S/C20H24N4O3S2/c1-10-18(28-12(3)21-10)16-8-14-9-24(11(2)13-4-5-13)20(25)17(14)19(22-16)23-29(26,27)15-6-7-15/h8,11,13,15H,4-7,9H2,1-3H3,(H,22,23)/t11-/m0/s1. The van der Waals surface area contributed by atoms with Gasteiger partial charge in [-0.25, -0.2) is 18.4 Å². The van der Waals surface area contributed by atoms with E-state index in [1.807, 2.05) is 24.8 Å². The second-order valence-electron chi connectivity index (χ2n) is 8.40. The van der Waals surface area contributed by atoms with Crippen molar-refractivity contribution in [2.45, 2.75) is 64.3 Å². The van der Waals surface area contributed by atoms with E-state index < -0.39 is 10.0 Å². The number of aromatic nitrogens is 2.